The molecule has 1 saturated heterocycles. The van der Waals surface area contributed by atoms with E-state index in [2.05, 4.69) is 25.6 Å². The number of carbonyl (C=O) groups is 2. The van der Waals surface area contributed by atoms with Crippen LogP contribution in [0.4, 0.5) is 10.2 Å². The van der Waals surface area contributed by atoms with Crippen molar-refractivity contribution in [2.75, 3.05) is 38.7 Å². The Morgan fingerprint density at radius 1 is 1.33 bits per heavy atom. The van der Waals surface area contributed by atoms with Crippen molar-refractivity contribution in [2.24, 2.45) is 0 Å². The Balaban J connectivity index is 1.19. The lowest BCUT2D eigenvalue weighted by Gasteiger charge is -2.36. The Morgan fingerprint density at radius 3 is 3.00 bits per heavy atom. The Morgan fingerprint density at radius 2 is 2.19 bits per heavy atom. The number of pyridine rings is 3. The predicted molar refractivity (Wildman–Crippen MR) is 126 cm³/mol. The summed E-state index contributed by atoms with van der Waals surface area (Å²) in [5.74, 6) is -0.272. The van der Waals surface area contributed by atoms with E-state index in [0.29, 0.717) is 60.7 Å². The molecule has 2 aliphatic rings. The van der Waals surface area contributed by atoms with Gasteiger partial charge in [0, 0.05) is 31.3 Å². The van der Waals surface area contributed by atoms with E-state index in [4.69, 9.17) is 9.47 Å². The summed E-state index contributed by atoms with van der Waals surface area (Å²) in [5, 5.41) is 16.1. The molecule has 12 heteroatoms. The Labute approximate surface area is 205 Å². The highest BCUT2D eigenvalue weighted by Gasteiger charge is 2.30. The molecule has 3 N–H and O–H groups in total. The molecule has 1 fully saturated rings. The highest BCUT2D eigenvalue weighted by molar-refractivity contribution is 5.97. The number of fused-ring (bicyclic) bond motifs is 2. The number of ether oxygens (including phenoxy) is 2. The lowest BCUT2D eigenvalue weighted by Crippen LogP contribution is -2.54. The first-order chi connectivity index (χ1) is 17.4. The summed E-state index contributed by atoms with van der Waals surface area (Å²) in [4.78, 5) is 38.9. The van der Waals surface area contributed by atoms with Gasteiger partial charge in [-0.15, -0.1) is 0 Å². The van der Waals surface area contributed by atoms with Crippen LogP contribution in [0, 0.1) is 5.82 Å². The topological polar surface area (TPSA) is 139 Å². The molecule has 0 aliphatic carbocycles. The zero-order valence-corrected chi connectivity index (χ0v) is 19.5. The number of hydrogen-bond acceptors (Lipinski definition) is 9. The highest BCUT2D eigenvalue weighted by Crippen LogP contribution is 2.26. The van der Waals surface area contributed by atoms with E-state index in [1.165, 1.54) is 19.4 Å². The van der Waals surface area contributed by atoms with Crippen molar-refractivity contribution < 1.29 is 28.6 Å². The number of carbonyl (C=O) groups excluding carboxylic acids is 2. The molecule has 0 radical (unpaired) electrons. The molecule has 0 saturated carbocycles. The molecule has 2 amide bonds. The summed E-state index contributed by atoms with van der Waals surface area (Å²) in [6, 6.07) is 6.02. The fraction of sp³-hybridized carbons (Fsp3) is 0.375. The Kier molecular flexibility index (Phi) is 6.61. The van der Waals surface area contributed by atoms with Gasteiger partial charge >= 0.3 is 0 Å². The number of aliphatic hydroxyl groups is 1. The first kappa shape index (κ1) is 23.8. The van der Waals surface area contributed by atoms with Gasteiger partial charge < -0.3 is 30.1 Å². The van der Waals surface area contributed by atoms with Crippen LogP contribution in [-0.2, 0) is 11.2 Å². The van der Waals surface area contributed by atoms with Crippen LogP contribution in [-0.4, -0.2) is 82.3 Å². The number of hydrogen-bond donors (Lipinski definition) is 3. The average molecular weight is 496 g/mol. The largest absolute Gasteiger partial charge is 0.481 e. The maximum Gasteiger partial charge on any atom is 0.270 e. The van der Waals surface area contributed by atoms with Crippen LogP contribution in [0.1, 0.15) is 22.5 Å². The summed E-state index contributed by atoms with van der Waals surface area (Å²) in [5.41, 5.74) is 1.59. The standard InChI is InChI=1S/C24H25FN6O5/c1-35-21-5-3-16-22(30-21)13(14(25)10-26-16)6-8-31-9-7-15(18(32)11-31)28-24(34)17-2-4-19-23(27-17)29-20(33)12-36-19/h2-5,10,15,18,32H,6-9,11-12H2,1H3,(H,28,34)(H,27,29,33)/t15-,18+/m1/s1. The molecule has 0 spiro atoms. The molecule has 0 aromatic carbocycles. The maximum absolute atomic E-state index is 14.6. The lowest BCUT2D eigenvalue weighted by molar-refractivity contribution is -0.118. The van der Waals surface area contributed by atoms with Crippen molar-refractivity contribution in [1.82, 2.24) is 25.2 Å². The minimum absolute atomic E-state index is 0.0975. The molecule has 3 aromatic heterocycles. The number of anilines is 1. The average Bonchev–Trinajstić information content (AvgIpc) is 2.88. The monoisotopic (exact) mass is 496 g/mol. The number of likely N-dealkylation sites (tertiary alicyclic amines) is 1. The van der Waals surface area contributed by atoms with Crippen LogP contribution in [0.3, 0.4) is 0 Å². The molecule has 3 aromatic rings. The van der Waals surface area contributed by atoms with Crippen molar-refractivity contribution >= 4 is 28.7 Å². The molecule has 0 unspecified atom stereocenters. The second-order valence-corrected chi connectivity index (χ2v) is 8.67. The van der Waals surface area contributed by atoms with E-state index in [1.54, 1.807) is 18.2 Å². The summed E-state index contributed by atoms with van der Waals surface area (Å²) in [6.45, 7) is 1.32. The van der Waals surface area contributed by atoms with Crippen molar-refractivity contribution in [2.45, 2.75) is 25.0 Å². The second-order valence-electron chi connectivity index (χ2n) is 8.67. The van der Waals surface area contributed by atoms with Crippen LogP contribution in [0.15, 0.2) is 30.5 Å². The summed E-state index contributed by atoms with van der Waals surface area (Å²) < 4.78 is 25.0. The molecular weight excluding hydrogens is 471 g/mol. The molecule has 5 heterocycles. The zero-order valence-electron chi connectivity index (χ0n) is 19.5. The van der Waals surface area contributed by atoms with Gasteiger partial charge in [-0.25, -0.2) is 14.4 Å². The van der Waals surface area contributed by atoms with Crippen molar-refractivity contribution in [3.05, 3.63) is 47.5 Å². The quantitative estimate of drug-likeness (QED) is 0.454. The van der Waals surface area contributed by atoms with Gasteiger partial charge in [-0.1, -0.05) is 0 Å². The first-order valence-electron chi connectivity index (χ1n) is 11.5. The molecule has 5 rings (SSSR count). The van der Waals surface area contributed by atoms with E-state index in [-0.39, 0.29) is 24.0 Å². The van der Waals surface area contributed by atoms with Gasteiger partial charge in [0.25, 0.3) is 11.8 Å². The van der Waals surface area contributed by atoms with Gasteiger partial charge in [-0.3, -0.25) is 14.6 Å². The lowest BCUT2D eigenvalue weighted by atomic mass is 10.0. The number of aromatic nitrogens is 3. The van der Waals surface area contributed by atoms with Crippen LogP contribution < -0.4 is 20.1 Å². The van der Waals surface area contributed by atoms with Gasteiger partial charge in [0.2, 0.25) is 5.88 Å². The predicted octanol–water partition coefficient (Wildman–Crippen LogP) is 0.911. The molecule has 2 aliphatic heterocycles. The van der Waals surface area contributed by atoms with E-state index in [9.17, 15) is 19.1 Å². The number of rotatable bonds is 6. The molecule has 11 nitrogen and oxygen atoms in total. The maximum atomic E-state index is 14.6. The summed E-state index contributed by atoms with van der Waals surface area (Å²) in [7, 11) is 1.50. The number of piperidine rings is 1. The minimum atomic E-state index is -0.819. The summed E-state index contributed by atoms with van der Waals surface area (Å²) in [6.07, 6.45) is 1.25. The smallest absolute Gasteiger partial charge is 0.270 e. The number of nitrogens with one attached hydrogen (secondary N) is 2. The number of halogens is 1. The second kappa shape index (κ2) is 9.99. The third-order valence-electron chi connectivity index (χ3n) is 6.32. The van der Waals surface area contributed by atoms with Gasteiger partial charge in [0.05, 0.1) is 36.5 Å². The highest BCUT2D eigenvalue weighted by atomic mass is 19.1. The zero-order chi connectivity index (χ0) is 25.2. The van der Waals surface area contributed by atoms with Gasteiger partial charge in [-0.2, -0.15) is 0 Å². The Hall–Kier alpha value is -3.90. The third-order valence-corrected chi connectivity index (χ3v) is 6.32. The SMILES string of the molecule is COc1ccc2ncc(F)c(CCN3CC[C@@H](NC(=O)c4ccc5c(n4)NC(=O)CO5)[C@@H](O)C3)c2n1. The fourth-order valence-corrected chi connectivity index (χ4v) is 4.40. The molecule has 36 heavy (non-hydrogen) atoms. The minimum Gasteiger partial charge on any atom is -0.481 e. The van der Waals surface area contributed by atoms with Crippen LogP contribution in [0.25, 0.3) is 11.0 Å². The molecule has 188 valence electrons. The fourth-order valence-electron chi connectivity index (χ4n) is 4.40. The normalized spacial score (nSPS) is 19.8. The number of methoxy groups -OCH3 is 1. The number of nitrogens with zero attached hydrogens (tertiary/aromatic N) is 4. The van der Waals surface area contributed by atoms with E-state index in [1.807, 2.05) is 4.90 Å². The van der Waals surface area contributed by atoms with E-state index >= 15 is 0 Å². The molecular formula is C24H25FN6O5. The van der Waals surface area contributed by atoms with Crippen LogP contribution >= 0.6 is 0 Å². The van der Waals surface area contributed by atoms with Crippen molar-refractivity contribution in [3.63, 3.8) is 0 Å². The van der Waals surface area contributed by atoms with Crippen molar-refractivity contribution in [1.29, 1.82) is 0 Å². The van der Waals surface area contributed by atoms with E-state index < -0.39 is 23.9 Å². The molecule has 0 bridgehead atoms. The third kappa shape index (κ3) is 4.90. The van der Waals surface area contributed by atoms with Gasteiger partial charge in [-0.05, 0) is 31.0 Å². The molecule has 2 atom stereocenters. The van der Waals surface area contributed by atoms with E-state index in [0.717, 1.165) is 0 Å². The summed E-state index contributed by atoms with van der Waals surface area (Å²) >= 11 is 0. The van der Waals surface area contributed by atoms with Gasteiger partial charge in [0.1, 0.15) is 11.5 Å². The van der Waals surface area contributed by atoms with Gasteiger partial charge in [0.15, 0.2) is 18.2 Å². The number of aliphatic hydroxyl groups excluding tert-OH is 1. The van der Waals surface area contributed by atoms with Crippen LogP contribution in [0.2, 0.25) is 0 Å². The van der Waals surface area contributed by atoms with Crippen LogP contribution in [0.5, 0.6) is 11.6 Å². The Bertz CT molecular complexity index is 1320. The number of β-amino-alcohol motifs (C(OH)–C–C–N with tert-alkyl or cyclic N) is 1. The first-order valence-corrected chi connectivity index (χ1v) is 11.5. The van der Waals surface area contributed by atoms with Crippen molar-refractivity contribution in [3.8, 4) is 11.6 Å². The number of amides is 2.